The molecular formula is C21H18N2O2S2. The predicted octanol–water partition coefficient (Wildman–Crippen LogP) is 5.09. The van der Waals surface area contributed by atoms with Crippen molar-refractivity contribution in [2.45, 2.75) is 12.3 Å². The fourth-order valence-electron chi connectivity index (χ4n) is 3.06. The number of rotatable bonds is 4. The van der Waals surface area contributed by atoms with Crippen molar-refractivity contribution in [1.82, 2.24) is 0 Å². The fourth-order valence-corrected chi connectivity index (χ4v) is 4.86. The van der Waals surface area contributed by atoms with Crippen molar-refractivity contribution in [3.05, 3.63) is 82.0 Å². The number of nitrogens with one attached hydrogen (secondary N) is 1. The summed E-state index contributed by atoms with van der Waals surface area (Å²) >= 11 is 3.03. The minimum atomic E-state index is -0.107. The van der Waals surface area contributed by atoms with E-state index in [9.17, 15) is 9.59 Å². The van der Waals surface area contributed by atoms with Crippen LogP contribution in [0.4, 0.5) is 11.4 Å². The van der Waals surface area contributed by atoms with Crippen LogP contribution in [0, 0.1) is 6.92 Å². The number of carbonyl (C=O) groups excluding carboxylic acids is 2. The molecule has 1 fully saturated rings. The van der Waals surface area contributed by atoms with Crippen LogP contribution in [-0.2, 0) is 4.79 Å². The lowest BCUT2D eigenvalue weighted by Crippen LogP contribution is -2.27. The molecule has 0 bridgehead atoms. The maximum absolute atomic E-state index is 12.5. The highest BCUT2D eigenvalue weighted by Crippen LogP contribution is 2.42. The summed E-state index contributed by atoms with van der Waals surface area (Å²) in [5.41, 5.74) is 3.84. The summed E-state index contributed by atoms with van der Waals surface area (Å²) in [6.45, 7) is 2.03. The zero-order valence-corrected chi connectivity index (χ0v) is 16.3. The Hall–Kier alpha value is -2.57. The molecule has 0 aliphatic carbocycles. The van der Waals surface area contributed by atoms with Crippen LogP contribution in [0.3, 0.4) is 0 Å². The Morgan fingerprint density at radius 3 is 2.63 bits per heavy atom. The zero-order chi connectivity index (χ0) is 18.8. The molecule has 1 saturated heterocycles. The van der Waals surface area contributed by atoms with Crippen molar-refractivity contribution < 1.29 is 9.59 Å². The van der Waals surface area contributed by atoms with Crippen molar-refractivity contribution >= 4 is 46.3 Å². The summed E-state index contributed by atoms with van der Waals surface area (Å²) < 4.78 is 0. The fraction of sp³-hybridized carbons (Fsp3) is 0.143. The number of benzene rings is 2. The first kappa shape index (κ1) is 17.8. The first-order chi connectivity index (χ1) is 13.1. The van der Waals surface area contributed by atoms with Crippen LogP contribution in [0.1, 0.15) is 26.2 Å². The molecule has 136 valence electrons. The van der Waals surface area contributed by atoms with Gasteiger partial charge in [0.15, 0.2) is 0 Å². The van der Waals surface area contributed by atoms with Gasteiger partial charge in [-0.05, 0) is 53.8 Å². The average Bonchev–Trinajstić information content (AvgIpc) is 3.32. The van der Waals surface area contributed by atoms with Crippen LogP contribution in [-0.4, -0.2) is 17.6 Å². The molecule has 1 N–H and O–H groups in total. The van der Waals surface area contributed by atoms with Gasteiger partial charge in [0.1, 0.15) is 5.37 Å². The van der Waals surface area contributed by atoms with Crippen LogP contribution in [0.2, 0.25) is 0 Å². The second-order valence-corrected chi connectivity index (χ2v) is 8.34. The number of hydrogen-bond acceptors (Lipinski definition) is 4. The van der Waals surface area contributed by atoms with Crippen LogP contribution in [0.5, 0.6) is 0 Å². The van der Waals surface area contributed by atoms with E-state index in [4.69, 9.17) is 0 Å². The van der Waals surface area contributed by atoms with Gasteiger partial charge in [-0.15, -0.1) is 23.1 Å². The lowest BCUT2D eigenvalue weighted by molar-refractivity contribution is -0.115. The topological polar surface area (TPSA) is 49.4 Å². The van der Waals surface area contributed by atoms with Crippen LogP contribution >= 0.6 is 23.1 Å². The smallest absolute Gasteiger partial charge is 0.265 e. The predicted molar refractivity (Wildman–Crippen MR) is 113 cm³/mol. The Bertz CT molecular complexity index is 968. The molecule has 2 heterocycles. The third-order valence-electron chi connectivity index (χ3n) is 4.35. The van der Waals surface area contributed by atoms with E-state index in [-0.39, 0.29) is 17.2 Å². The van der Waals surface area contributed by atoms with Gasteiger partial charge >= 0.3 is 0 Å². The van der Waals surface area contributed by atoms with Gasteiger partial charge in [0.25, 0.3) is 5.91 Å². The van der Waals surface area contributed by atoms with E-state index in [1.54, 1.807) is 17.8 Å². The molecule has 1 atom stereocenters. The van der Waals surface area contributed by atoms with Gasteiger partial charge in [-0.1, -0.05) is 30.3 Å². The Kier molecular flexibility index (Phi) is 5.01. The minimum absolute atomic E-state index is 0.0543. The summed E-state index contributed by atoms with van der Waals surface area (Å²) in [6.07, 6.45) is 0. The summed E-state index contributed by atoms with van der Waals surface area (Å²) in [4.78, 5) is 27.2. The molecule has 2 aromatic carbocycles. The number of nitrogens with zero attached hydrogens (tertiary/aromatic N) is 1. The molecule has 3 aromatic rings. The Morgan fingerprint density at radius 1 is 1.11 bits per heavy atom. The van der Waals surface area contributed by atoms with Crippen molar-refractivity contribution in [1.29, 1.82) is 0 Å². The van der Waals surface area contributed by atoms with Gasteiger partial charge in [0.2, 0.25) is 5.91 Å². The van der Waals surface area contributed by atoms with E-state index in [1.807, 2.05) is 71.8 Å². The highest BCUT2D eigenvalue weighted by atomic mass is 32.2. The first-order valence-electron chi connectivity index (χ1n) is 8.57. The molecule has 4 nitrogen and oxygen atoms in total. The Labute approximate surface area is 166 Å². The lowest BCUT2D eigenvalue weighted by Gasteiger charge is -2.25. The van der Waals surface area contributed by atoms with E-state index in [1.165, 1.54) is 11.3 Å². The molecule has 1 aliphatic heterocycles. The van der Waals surface area contributed by atoms with E-state index in [0.717, 1.165) is 22.5 Å². The molecule has 1 unspecified atom stereocenters. The SMILES string of the molecule is Cc1cccc(N2C(=O)CSC2c2ccc(NC(=O)c3cccs3)cc2)c1. The van der Waals surface area contributed by atoms with Gasteiger partial charge < -0.3 is 5.32 Å². The quantitative estimate of drug-likeness (QED) is 0.671. The summed E-state index contributed by atoms with van der Waals surface area (Å²) in [7, 11) is 0. The number of hydrogen-bond donors (Lipinski definition) is 1. The summed E-state index contributed by atoms with van der Waals surface area (Å²) in [5, 5.41) is 4.73. The van der Waals surface area contributed by atoms with Gasteiger partial charge in [-0.3, -0.25) is 14.5 Å². The average molecular weight is 395 g/mol. The molecule has 27 heavy (non-hydrogen) atoms. The summed E-state index contributed by atoms with van der Waals surface area (Å²) in [6, 6.07) is 19.4. The van der Waals surface area contributed by atoms with E-state index in [2.05, 4.69) is 5.32 Å². The second kappa shape index (κ2) is 7.58. The highest BCUT2D eigenvalue weighted by molar-refractivity contribution is 8.00. The highest BCUT2D eigenvalue weighted by Gasteiger charge is 2.34. The van der Waals surface area contributed by atoms with E-state index >= 15 is 0 Å². The molecule has 1 aromatic heterocycles. The van der Waals surface area contributed by atoms with Gasteiger partial charge in [0.05, 0.1) is 10.6 Å². The monoisotopic (exact) mass is 394 g/mol. The molecular weight excluding hydrogens is 376 g/mol. The van der Waals surface area contributed by atoms with E-state index < -0.39 is 0 Å². The zero-order valence-electron chi connectivity index (χ0n) is 14.7. The molecule has 0 spiro atoms. The van der Waals surface area contributed by atoms with Crippen molar-refractivity contribution in [3.63, 3.8) is 0 Å². The Balaban J connectivity index is 1.54. The molecule has 0 saturated carbocycles. The number of carbonyl (C=O) groups is 2. The standard InChI is InChI=1S/C21H18N2O2S2/c1-14-4-2-5-17(12-14)23-19(24)13-27-21(23)15-7-9-16(10-8-15)22-20(25)18-6-3-11-26-18/h2-12,21H,13H2,1H3,(H,22,25). The van der Waals surface area contributed by atoms with Gasteiger partial charge in [0, 0.05) is 11.4 Å². The van der Waals surface area contributed by atoms with Gasteiger partial charge in [-0.25, -0.2) is 0 Å². The number of thioether (sulfide) groups is 1. The maximum atomic E-state index is 12.5. The molecule has 0 radical (unpaired) electrons. The minimum Gasteiger partial charge on any atom is -0.321 e. The van der Waals surface area contributed by atoms with Gasteiger partial charge in [-0.2, -0.15) is 0 Å². The number of aryl methyl sites for hydroxylation is 1. The third kappa shape index (κ3) is 3.77. The maximum Gasteiger partial charge on any atom is 0.265 e. The molecule has 1 aliphatic rings. The first-order valence-corrected chi connectivity index (χ1v) is 10.5. The molecule has 6 heteroatoms. The van der Waals surface area contributed by atoms with Crippen molar-refractivity contribution in [3.8, 4) is 0 Å². The largest absolute Gasteiger partial charge is 0.321 e. The number of amides is 2. The van der Waals surface area contributed by atoms with E-state index in [0.29, 0.717) is 10.6 Å². The number of thiophene rings is 1. The van der Waals surface area contributed by atoms with Crippen molar-refractivity contribution in [2.75, 3.05) is 16.0 Å². The Morgan fingerprint density at radius 2 is 1.93 bits per heavy atom. The van der Waals surface area contributed by atoms with Crippen LogP contribution in [0.15, 0.2) is 66.0 Å². The van der Waals surface area contributed by atoms with Crippen molar-refractivity contribution in [2.24, 2.45) is 0 Å². The number of anilines is 2. The normalized spacial score (nSPS) is 16.6. The lowest BCUT2D eigenvalue weighted by atomic mass is 10.1. The molecule has 4 rings (SSSR count). The summed E-state index contributed by atoms with van der Waals surface area (Å²) in [5.74, 6) is 0.477. The van der Waals surface area contributed by atoms with Crippen LogP contribution in [0.25, 0.3) is 0 Å². The third-order valence-corrected chi connectivity index (χ3v) is 6.43. The molecule has 2 amide bonds. The van der Waals surface area contributed by atoms with Crippen LogP contribution < -0.4 is 10.2 Å². The second-order valence-electron chi connectivity index (χ2n) is 6.32.